The molecular formula is C15H18NO2P. The van der Waals surface area contributed by atoms with Gasteiger partial charge in [0.2, 0.25) is 7.37 Å². The van der Waals surface area contributed by atoms with Gasteiger partial charge in [-0.25, -0.2) is 0 Å². The van der Waals surface area contributed by atoms with Crippen LogP contribution >= 0.6 is 7.37 Å². The van der Waals surface area contributed by atoms with E-state index >= 15 is 0 Å². The van der Waals surface area contributed by atoms with Gasteiger partial charge in [-0.2, -0.15) is 0 Å². The van der Waals surface area contributed by atoms with Gasteiger partial charge in [-0.3, -0.25) is 4.57 Å². The van der Waals surface area contributed by atoms with Crippen molar-refractivity contribution in [3.63, 3.8) is 0 Å². The largest absolute Gasteiger partial charge is 0.343 e. The lowest BCUT2D eigenvalue weighted by atomic mass is 10.2. The second-order valence-corrected chi connectivity index (χ2v) is 7.09. The van der Waals surface area contributed by atoms with E-state index in [9.17, 15) is 9.46 Å². The van der Waals surface area contributed by atoms with Crippen LogP contribution in [-0.4, -0.2) is 11.1 Å². The third-order valence-electron chi connectivity index (χ3n) is 3.14. The Labute approximate surface area is 113 Å². The van der Waals surface area contributed by atoms with Crippen molar-refractivity contribution in [1.29, 1.82) is 0 Å². The van der Waals surface area contributed by atoms with Crippen molar-refractivity contribution in [2.75, 3.05) is 6.16 Å². The van der Waals surface area contributed by atoms with Gasteiger partial charge >= 0.3 is 0 Å². The van der Waals surface area contributed by atoms with Gasteiger partial charge in [-0.1, -0.05) is 60.7 Å². The maximum Gasteiger partial charge on any atom is 0.221 e. The highest BCUT2D eigenvalue weighted by Crippen LogP contribution is 2.52. The van der Waals surface area contributed by atoms with Crippen LogP contribution in [0, 0.1) is 0 Å². The molecule has 0 spiro atoms. The van der Waals surface area contributed by atoms with Gasteiger partial charge in [-0.15, -0.1) is 0 Å². The molecule has 1 unspecified atom stereocenters. The quantitative estimate of drug-likeness (QED) is 0.824. The van der Waals surface area contributed by atoms with Gasteiger partial charge in [0.1, 0.15) is 5.78 Å². The van der Waals surface area contributed by atoms with E-state index in [0.29, 0.717) is 12.0 Å². The number of hydrogen-bond donors (Lipinski definition) is 2. The molecule has 3 N–H and O–H groups in total. The molecule has 0 saturated carbocycles. The van der Waals surface area contributed by atoms with Gasteiger partial charge in [0, 0.05) is 6.16 Å². The average Bonchev–Trinajstić information content (AvgIpc) is 2.46. The molecule has 0 amide bonds. The zero-order valence-corrected chi connectivity index (χ0v) is 11.5. The fraction of sp³-hybridized carbons (Fsp3) is 0.200. The Hall–Kier alpha value is -1.41. The molecule has 100 valence electrons. The van der Waals surface area contributed by atoms with E-state index in [1.807, 2.05) is 48.5 Å². The van der Waals surface area contributed by atoms with Crippen LogP contribution in [-0.2, 0) is 11.0 Å². The van der Waals surface area contributed by atoms with Crippen LogP contribution in [0.15, 0.2) is 60.7 Å². The van der Waals surface area contributed by atoms with E-state index in [0.717, 1.165) is 5.56 Å². The van der Waals surface area contributed by atoms with E-state index in [4.69, 9.17) is 5.73 Å². The smallest absolute Gasteiger partial charge is 0.221 e. The minimum Gasteiger partial charge on any atom is -0.343 e. The van der Waals surface area contributed by atoms with E-state index in [1.54, 1.807) is 12.1 Å². The molecule has 19 heavy (non-hydrogen) atoms. The van der Waals surface area contributed by atoms with Gasteiger partial charge < -0.3 is 10.6 Å². The fourth-order valence-corrected chi connectivity index (χ4v) is 3.45. The standard InChI is InChI=1S/C15H18NO2P/c16-15(14-9-5-2-6-10-14)19(17,18)12-11-13-7-3-1-4-8-13/h1-10,15H,11-12,16H2,(H,17,18)/t15-/m1/s1. The van der Waals surface area contributed by atoms with Gasteiger partial charge in [0.05, 0.1) is 0 Å². The average molecular weight is 275 g/mol. The third-order valence-corrected chi connectivity index (χ3v) is 5.17. The van der Waals surface area contributed by atoms with E-state index in [2.05, 4.69) is 0 Å². The highest BCUT2D eigenvalue weighted by Gasteiger charge is 2.28. The van der Waals surface area contributed by atoms with Crippen LogP contribution in [0.3, 0.4) is 0 Å². The Morgan fingerprint density at radius 3 is 2.11 bits per heavy atom. The lowest BCUT2D eigenvalue weighted by Crippen LogP contribution is -2.13. The Balaban J connectivity index is 2.04. The monoisotopic (exact) mass is 275 g/mol. The van der Waals surface area contributed by atoms with Crippen molar-refractivity contribution < 1.29 is 9.46 Å². The first-order valence-electron chi connectivity index (χ1n) is 6.25. The second-order valence-electron chi connectivity index (χ2n) is 4.57. The highest BCUT2D eigenvalue weighted by atomic mass is 31.2. The fourth-order valence-electron chi connectivity index (χ4n) is 1.96. The van der Waals surface area contributed by atoms with E-state index < -0.39 is 13.2 Å². The Kier molecular flexibility index (Phi) is 4.54. The van der Waals surface area contributed by atoms with Crippen molar-refractivity contribution >= 4 is 7.37 Å². The first kappa shape index (κ1) is 14.0. The summed E-state index contributed by atoms with van der Waals surface area (Å²) in [6, 6.07) is 18.8. The van der Waals surface area contributed by atoms with Crippen molar-refractivity contribution in [3.8, 4) is 0 Å². The van der Waals surface area contributed by atoms with Crippen LogP contribution in [0.5, 0.6) is 0 Å². The summed E-state index contributed by atoms with van der Waals surface area (Å²) in [6.07, 6.45) is 0.766. The highest BCUT2D eigenvalue weighted by molar-refractivity contribution is 7.58. The number of aryl methyl sites for hydroxylation is 1. The molecule has 2 atom stereocenters. The maximum absolute atomic E-state index is 12.3. The van der Waals surface area contributed by atoms with Crippen molar-refractivity contribution in [1.82, 2.24) is 0 Å². The zero-order chi connectivity index (χ0) is 13.7. The molecule has 3 nitrogen and oxygen atoms in total. The molecule has 0 saturated heterocycles. The first-order valence-corrected chi connectivity index (χ1v) is 8.17. The van der Waals surface area contributed by atoms with E-state index in [1.165, 1.54) is 0 Å². The van der Waals surface area contributed by atoms with Crippen LogP contribution in [0.2, 0.25) is 0 Å². The summed E-state index contributed by atoms with van der Waals surface area (Å²) in [5.74, 6) is -0.808. The second kappa shape index (κ2) is 6.16. The normalized spacial score (nSPS) is 15.7. The molecule has 0 aliphatic rings. The molecule has 0 bridgehead atoms. The SMILES string of the molecule is N[C@@H](c1ccccc1)P(=O)(O)CCc1ccccc1. The number of benzene rings is 2. The predicted molar refractivity (Wildman–Crippen MR) is 78.2 cm³/mol. The van der Waals surface area contributed by atoms with Crippen LogP contribution in [0.25, 0.3) is 0 Å². The zero-order valence-electron chi connectivity index (χ0n) is 10.6. The third kappa shape index (κ3) is 3.77. The maximum atomic E-state index is 12.3. The molecule has 0 aliphatic carbocycles. The Morgan fingerprint density at radius 1 is 1.00 bits per heavy atom. The molecule has 2 aromatic rings. The molecule has 0 fully saturated rings. The van der Waals surface area contributed by atoms with Gasteiger partial charge in [0.15, 0.2) is 0 Å². The lowest BCUT2D eigenvalue weighted by Gasteiger charge is -2.19. The molecule has 0 aromatic heterocycles. The molecule has 2 aromatic carbocycles. The summed E-state index contributed by atoms with van der Waals surface area (Å²) in [5.41, 5.74) is 7.69. The van der Waals surface area contributed by atoms with Gasteiger partial charge in [0.25, 0.3) is 0 Å². The summed E-state index contributed by atoms with van der Waals surface area (Å²) in [4.78, 5) is 10.1. The van der Waals surface area contributed by atoms with Crippen LogP contribution < -0.4 is 5.73 Å². The summed E-state index contributed by atoms with van der Waals surface area (Å²) in [5, 5.41) is 0. The summed E-state index contributed by atoms with van der Waals surface area (Å²) < 4.78 is 12.3. The number of rotatable bonds is 5. The van der Waals surface area contributed by atoms with Crippen LogP contribution in [0.4, 0.5) is 0 Å². The Bertz CT molecular complexity index is 557. The molecule has 4 heteroatoms. The molecule has 0 radical (unpaired) electrons. The molecule has 0 heterocycles. The number of hydrogen-bond acceptors (Lipinski definition) is 2. The van der Waals surface area contributed by atoms with Crippen LogP contribution in [0.1, 0.15) is 16.9 Å². The summed E-state index contributed by atoms with van der Waals surface area (Å²) in [6.45, 7) is 0. The number of nitrogens with two attached hydrogens (primary N) is 1. The van der Waals surface area contributed by atoms with Crippen molar-refractivity contribution in [3.05, 3.63) is 71.8 Å². The molecule has 2 rings (SSSR count). The Morgan fingerprint density at radius 2 is 1.53 bits per heavy atom. The topological polar surface area (TPSA) is 63.3 Å². The van der Waals surface area contributed by atoms with Crippen molar-refractivity contribution in [2.24, 2.45) is 5.73 Å². The predicted octanol–water partition coefficient (Wildman–Crippen LogP) is 3.16. The first-order chi connectivity index (χ1) is 9.09. The minimum absolute atomic E-state index is 0.201. The van der Waals surface area contributed by atoms with Crippen molar-refractivity contribution in [2.45, 2.75) is 12.2 Å². The lowest BCUT2D eigenvalue weighted by molar-refractivity contribution is 0.464. The minimum atomic E-state index is -3.39. The molecule has 0 aliphatic heterocycles. The molecular weight excluding hydrogens is 257 g/mol. The van der Waals surface area contributed by atoms with E-state index in [-0.39, 0.29) is 6.16 Å². The summed E-state index contributed by atoms with van der Waals surface area (Å²) >= 11 is 0. The summed E-state index contributed by atoms with van der Waals surface area (Å²) in [7, 11) is -3.39. The van der Waals surface area contributed by atoms with Gasteiger partial charge in [-0.05, 0) is 17.5 Å².